The van der Waals surface area contributed by atoms with Crippen LogP contribution in [0.5, 0.6) is 0 Å². The van der Waals surface area contributed by atoms with Crippen LogP contribution in [0.15, 0.2) is 11.1 Å². The molecule has 0 aromatic carbocycles. The van der Waals surface area contributed by atoms with Gasteiger partial charge in [0.2, 0.25) is 0 Å². The fourth-order valence-corrected chi connectivity index (χ4v) is 4.86. The zero-order chi connectivity index (χ0) is 10.6. The molecule has 4 fully saturated rings. The van der Waals surface area contributed by atoms with E-state index < -0.39 is 0 Å². The van der Waals surface area contributed by atoms with Crippen molar-refractivity contribution in [2.24, 2.45) is 10.8 Å². The molecule has 0 radical (unpaired) electrons. The second kappa shape index (κ2) is 3.15. The van der Waals surface area contributed by atoms with Gasteiger partial charge in [-0.05, 0) is 49.4 Å². The van der Waals surface area contributed by atoms with Gasteiger partial charge in [0, 0.05) is 0 Å². The first kappa shape index (κ1) is 9.74. The molecule has 0 nitrogen and oxygen atoms in total. The van der Waals surface area contributed by atoms with E-state index in [1.165, 1.54) is 51.4 Å². The van der Waals surface area contributed by atoms with Gasteiger partial charge in [0.05, 0.1) is 0 Å². The molecule has 0 bridgehead atoms. The number of hydrogen-bond donors (Lipinski definition) is 0. The molecule has 0 aromatic heterocycles. The van der Waals surface area contributed by atoms with Gasteiger partial charge in [-0.25, -0.2) is 0 Å². The highest BCUT2D eigenvalue weighted by Gasteiger charge is 2.59. The van der Waals surface area contributed by atoms with E-state index in [4.69, 9.17) is 0 Å². The Hall–Kier alpha value is -0.260. The lowest BCUT2D eigenvalue weighted by Crippen LogP contribution is -2.08. The fourth-order valence-electron chi connectivity index (χ4n) is 4.86. The van der Waals surface area contributed by atoms with Crippen molar-refractivity contribution in [3.63, 3.8) is 0 Å². The van der Waals surface area contributed by atoms with E-state index in [-0.39, 0.29) is 0 Å². The minimum absolute atomic E-state index is 0.786. The molecule has 2 spiro atoms. The first-order chi connectivity index (χ1) is 7.85. The first-order valence-electron chi connectivity index (χ1n) is 7.58. The third kappa shape index (κ3) is 1.28. The lowest BCUT2D eigenvalue weighted by atomic mass is 9.83. The zero-order valence-electron chi connectivity index (χ0n) is 10.5. The second-order valence-corrected chi connectivity index (χ2v) is 6.99. The molecule has 0 saturated heterocycles. The number of allylic oxidation sites excluding steroid dienone is 2. The lowest BCUT2D eigenvalue weighted by molar-refractivity contribution is 0.344. The standard InChI is InChI=1S/C16H24/c1-3-7-15(8-4-1)11-13(15)14-12-16(14)9-5-2-6-10-16/h1-12H2/b14-13-. The molecule has 0 heterocycles. The van der Waals surface area contributed by atoms with Gasteiger partial charge < -0.3 is 0 Å². The van der Waals surface area contributed by atoms with Crippen LogP contribution in [-0.4, -0.2) is 0 Å². The summed E-state index contributed by atoms with van der Waals surface area (Å²) in [4.78, 5) is 0. The molecular weight excluding hydrogens is 192 g/mol. The van der Waals surface area contributed by atoms with Crippen molar-refractivity contribution in [1.29, 1.82) is 0 Å². The average Bonchev–Trinajstić information content (AvgIpc) is 3.20. The van der Waals surface area contributed by atoms with Crippen molar-refractivity contribution in [3.05, 3.63) is 11.1 Å². The molecule has 0 unspecified atom stereocenters. The molecular formula is C16H24. The Morgan fingerprint density at radius 2 is 0.875 bits per heavy atom. The summed E-state index contributed by atoms with van der Waals surface area (Å²) in [6.45, 7) is 0. The van der Waals surface area contributed by atoms with Crippen LogP contribution >= 0.6 is 0 Å². The van der Waals surface area contributed by atoms with Gasteiger partial charge in [-0.15, -0.1) is 0 Å². The topological polar surface area (TPSA) is 0 Å². The monoisotopic (exact) mass is 216 g/mol. The van der Waals surface area contributed by atoms with Gasteiger partial charge in [0.1, 0.15) is 0 Å². The summed E-state index contributed by atoms with van der Waals surface area (Å²) in [6.07, 6.45) is 18.3. The molecule has 0 aliphatic heterocycles. The van der Waals surface area contributed by atoms with E-state index in [0.717, 1.165) is 10.8 Å². The predicted molar refractivity (Wildman–Crippen MR) is 67.3 cm³/mol. The maximum absolute atomic E-state index is 1.98. The van der Waals surface area contributed by atoms with Crippen LogP contribution < -0.4 is 0 Å². The van der Waals surface area contributed by atoms with Crippen molar-refractivity contribution >= 4 is 0 Å². The Bertz CT molecular complexity index is 301. The van der Waals surface area contributed by atoms with Crippen LogP contribution in [0, 0.1) is 10.8 Å². The first-order valence-corrected chi connectivity index (χ1v) is 7.58. The van der Waals surface area contributed by atoms with Gasteiger partial charge >= 0.3 is 0 Å². The van der Waals surface area contributed by atoms with E-state index >= 15 is 0 Å². The average molecular weight is 216 g/mol. The summed E-state index contributed by atoms with van der Waals surface area (Å²) in [6, 6.07) is 0. The summed E-state index contributed by atoms with van der Waals surface area (Å²) in [7, 11) is 0. The van der Waals surface area contributed by atoms with Crippen LogP contribution in [0.1, 0.15) is 77.0 Å². The third-order valence-electron chi connectivity index (χ3n) is 6.05. The van der Waals surface area contributed by atoms with Gasteiger partial charge in [0.25, 0.3) is 0 Å². The SMILES string of the molecule is C1CCC2(CC1)C/C2=C1\CC12CCCCC2. The van der Waals surface area contributed by atoms with Crippen molar-refractivity contribution in [2.75, 3.05) is 0 Å². The summed E-state index contributed by atoms with van der Waals surface area (Å²) in [5, 5.41) is 0. The highest BCUT2D eigenvalue weighted by molar-refractivity contribution is 5.49. The molecule has 4 aliphatic rings. The van der Waals surface area contributed by atoms with Gasteiger partial charge in [-0.1, -0.05) is 49.7 Å². The quantitative estimate of drug-likeness (QED) is 0.500. The minimum Gasteiger partial charge on any atom is -0.0630 e. The fraction of sp³-hybridized carbons (Fsp3) is 0.875. The summed E-state index contributed by atoms with van der Waals surface area (Å²) in [5.41, 5.74) is 5.53. The van der Waals surface area contributed by atoms with Crippen molar-refractivity contribution in [3.8, 4) is 0 Å². The Labute approximate surface area is 99.5 Å². The van der Waals surface area contributed by atoms with E-state index in [1.807, 2.05) is 11.1 Å². The largest absolute Gasteiger partial charge is 0.0630 e. The van der Waals surface area contributed by atoms with Crippen molar-refractivity contribution < 1.29 is 0 Å². The minimum atomic E-state index is 0.786. The molecule has 0 aromatic rings. The summed E-state index contributed by atoms with van der Waals surface area (Å²) < 4.78 is 0. The van der Waals surface area contributed by atoms with Crippen molar-refractivity contribution in [2.45, 2.75) is 77.0 Å². The molecule has 0 N–H and O–H groups in total. The summed E-state index contributed by atoms with van der Waals surface area (Å²) >= 11 is 0. The highest BCUT2D eigenvalue weighted by atomic mass is 14.6. The highest BCUT2D eigenvalue weighted by Crippen LogP contribution is 2.72. The van der Waals surface area contributed by atoms with Gasteiger partial charge in [0.15, 0.2) is 0 Å². The molecule has 88 valence electrons. The van der Waals surface area contributed by atoms with E-state index in [2.05, 4.69) is 0 Å². The normalized spacial score (nSPS) is 39.0. The predicted octanol–water partition coefficient (Wildman–Crippen LogP) is 4.99. The molecule has 0 atom stereocenters. The molecule has 4 aliphatic carbocycles. The molecule has 16 heavy (non-hydrogen) atoms. The van der Waals surface area contributed by atoms with Crippen LogP contribution in [0.25, 0.3) is 0 Å². The molecule has 4 saturated carbocycles. The van der Waals surface area contributed by atoms with E-state index in [0.29, 0.717) is 0 Å². The second-order valence-electron chi connectivity index (χ2n) is 6.99. The lowest BCUT2D eigenvalue weighted by Gasteiger charge is -2.22. The molecule has 0 heteroatoms. The van der Waals surface area contributed by atoms with Crippen LogP contribution in [-0.2, 0) is 0 Å². The Morgan fingerprint density at radius 3 is 1.25 bits per heavy atom. The van der Waals surface area contributed by atoms with Gasteiger partial charge in [-0.2, -0.15) is 0 Å². The van der Waals surface area contributed by atoms with Crippen LogP contribution in [0.2, 0.25) is 0 Å². The van der Waals surface area contributed by atoms with Crippen LogP contribution in [0.4, 0.5) is 0 Å². The Kier molecular flexibility index (Phi) is 1.91. The molecule has 0 amide bonds. The Morgan fingerprint density at radius 1 is 0.500 bits per heavy atom. The maximum atomic E-state index is 1.98. The van der Waals surface area contributed by atoms with Crippen molar-refractivity contribution in [1.82, 2.24) is 0 Å². The van der Waals surface area contributed by atoms with E-state index in [1.54, 1.807) is 25.7 Å². The van der Waals surface area contributed by atoms with Crippen LogP contribution in [0.3, 0.4) is 0 Å². The number of rotatable bonds is 0. The smallest absolute Gasteiger partial charge is 0.00474 e. The maximum Gasteiger partial charge on any atom is -0.00474 e. The van der Waals surface area contributed by atoms with E-state index in [9.17, 15) is 0 Å². The molecule has 4 rings (SSSR count). The van der Waals surface area contributed by atoms with Gasteiger partial charge in [-0.3, -0.25) is 0 Å². The third-order valence-corrected chi connectivity index (χ3v) is 6.05. The number of hydrogen-bond acceptors (Lipinski definition) is 0. The summed E-state index contributed by atoms with van der Waals surface area (Å²) in [5.74, 6) is 0. The Balaban J connectivity index is 1.55. The zero-order valence-corrected chi connectivity index (χ0v) is 10.5.